The number of aliphatic hydroxyl groups is 2. The van der Waals surface area contributed by atoms with E-state index in [1.807, 2.05) is 52.0 Å². The average molecular weight is 802 g/mol. The van der Waals surface area contributed by atoms with Crippen molar-refractivity contribution in [3.63, 3.8) is 0 Å². The summed E-state index contributed by atoms with van der Waals surface area (Å²) in [6.45, 7) is 8.77. The van der Waals surface area contributed by atoms with Gasteiger partial charge in [-0.2, -0.15) is 0 Å². The number of benzene rings is 2. The second-order valence-electron chi connectivity index (χ2n) is 11.2. The summed E-state index contributed by atoms with van der Waals surface area (Å²) in [5.74, 6) is 1.94. The molecule has 7 atom stereocenters. The van der Waals surface area contributed by atoms with E-state index >= 15 is 0 Å². The molecule has 6 unspecified atom stereocenters. The van der Waals surface area contributed by atoms with Crippen molar-refractivity contribution in [3.8, 4) is 28.7 Å². The van der Waals surface area contributed by atoms with E-state index in [9.17, 15) is 20.1 Å². The fraction of sp³-hybridized carbons (Fsp3) is 0.514. The van der Waals surface area contributed by atoms with Crippen LogP contribution in [0.15, 0.2) is 46.5 Å². The van der Waals surface area contributed by atoms with Crippen LogP contribution in [-0.2, 0) is 34.9 Å². The van der Waals surface area contributed by atoms with Crippen molar-refractivity contribution in [1.29, 1.82) is 0 Å². The van der Waals surface area contributed by atoms with Gasteiger partial charge in [0.25, 0.3) is 6.47 Å². The van der Waals surface area contributed by atoms with Gasteiger partial charge in [0, 0.05) is 0 Å². The Morgan fingerprint density at radius 3 is 2.29 bits per heavy atom. The molecule has 3 aliphatic rings. The zero-order chi connectivity index (χ0) is 35.5. The van der Waals surface area contributed by atoms with Crippen LogP contribution in [0, 0.1) is 11.8 Å². The van der Waals surface area contributed by atoms with E-state index in [0.717, 1.165) is 14.7 Å². The molecule has 0 saturated carbocycles. The number of carbonyl (C=O) groups is 1. The Morgan fingerprint density at radius 2 is 1.69 bits per heavy atom. The van der Waals surface area contributed by atoms with Gasteiger partial charge in [0.15, 0.2) is 17.2 Å². The maximum absolute atomic E-state index is 11.0. The van der Waals surface area contributed by atoms with E-state index in [-0.39, 0.29) is 43.7 Å². The van der Waals surface area contributed by atoms with Crippen molar-refractivity contribution in [2.75, 3.05) is 34.2 Å². The number of ether oxygens (including phenoxy) is 9. The van der Waals surface area contributed by atoms with Gasteiger partial charge in [-0.25, -0.2) is 0 Å². The first-order valence-electron chi connectivity index (χ1n) is 16.1. The van der Waals surface area contributed by atoms with Crippen molar-refractivity contribution < 1.29 is 62.7 Å². The standard InChI is InChI=1S/C25H30O10Te.C8H10O3.C2H6/c1-13-6-15-7-18-19(32-12-31-18)8-16(15)22(17(13)9-29-11-26)35-25(23(27)28)34-20-10-30-24(33-14(20)2)21-4-3-5-36-21;1-10-6-4-3-5-7(11-2)8(6)9;1-2/h3-5,7-8,11,13-14,17,20,22-25,27-28H,6,9-10,12H2,1-2H3;3-5,9H,1-2H3;1-2H3/t13?,14-,17?,20?,22?,24?,25?;;/m0../s1. The third-order valence-corrected chi connectivity index (χ3v) is 10.8. The molecule has 3 heterocycles. The third kappa shape index (κ3) is 9.59. The summed E-state index contributed by atoms with van der Waals surface area (Å²) in [5.41, 5.74) is 1.80. The Labute approximate surface area is 296 Å². The molecule has 0 spiro atoms. The van der Waals surface area contributed by atoms with Crippen molar-refractivity contribution in [3.05, 3.63) is 61.3 Å². The van der Waals surface area contributed by atoms with Crippen LogP contribution >= 0.6 is 0 Å². The first-order valence-corrected chi connectivity index (χ1v) is 18.6. The van der Waals surface area contributed by atoms with Crippen LogP contribution < -0.4 is 18.9 Å². The molecule has 1 aromatic heterocycles. The number of para-hydroxylation sites is 1. The molecular weight excluding hydrogens is 756 g/mol. The normalized spacial score (nSPS) is 24.3. The molecule has 3 N–H and O–H groups in total. The van der Waals surface area contributed by atoms with Gasteiger partial charge in [0.2, 0.25) is 12.5 Å². The van der Waals surface area contributed by atoms with Gasteiger partial charge < -0.3 is 24.1 Å². The van der Waals surface area contributed by atoms with Gasteiger partial charge in [0.1, 0.15) is 0 Å². The van der Waals surface area contributed by atoms with E-state index in [1.165, 1.54) is 14.2 Å². The molecule has 1 fully saturated rings. The molecule has 6 rings (SSSR count). The summed E-state index contributed by atoms with van der Waals surface area (Å²) in [6, 6.07) is 12.9. The summed E-state index contributed by atoms with van der Waals surface area (Å²) < 4.78 is 53.4. The summed E-state index contributed by atoms with van der Waals surface area (Å²) in [4.78, 5) is 11.0. The minimum atomic E-state index is -1.93. The fourth-order valence-electron chi connectivity index (χ4n) is 5.73. The zero-order valence-electron chi connectivity index (χ0n) is 28.5. The van der Waals surface area contributed by atoms with Crippen molar-refractivity contribution in [2.45, 2.75) is 71.3 Å². The van der Waals surface area contributed by atoms with Gasteiger partial charge in [-0.1, -0.05) is 19.9 Å². The van der Waals surface area contributed by atoms with Gasteiger partial charge in [-0.05, 0) is 12.1 Å². The molecule has 3 aromatic rings. The second kappa shape index (κ2) is 18.8. The second-order valence-corrected chi connectivity index (χ2v) is 14.0. The number of phenols is 1. The summed E-state index contributed by atoms with van der Waals surface area (Å²) in [6.07, 6.45) is -4.60. The van der Waals surface area contributed by atoms with Gasteiger partial charge >= 0.3 is 186 Å². The van der Waals surface area contributed by atoms with E-state index in [2.05, 4.69) is 4.08 Å². The topological polar surface area (TPSA) is 161 Å². The number of aromatic hydroxyl groups is 1. The molecule has 0 bridgehead atoms. The number of carbonyl (C=O) groups excluding carboxylic acids is 1. The number of methoxy groups -OCH3 is 2. The number of phenolic OH excluding ortho intramolecular Hbond substituents is 1. The van der Waals surface area contributed by atoms with Crippen molar-refractivity contribution >= 4 is 26.9 Å². The van der Waals surface area contributed by atoms with Crippen LogP contribution in [0.5, 0.6) is 28.7 Å². The van der Waals surface area contributed by atoms with Crippen molar-refractivity contribution in [1.82, 2.24) is 0 Å². The maximum atomic E-state index is 11.0. The van der Waals surface area contributed by atoms with E-state index < -0.39 is 51.5 Å². The van der Waals surface area contributed by atoms with Crippen LogP contribution in [0.4, 0.5) is 0 Å². The summed E-state index contributed by atoms with van der Waals surface area (Å²) >= 11 is -0.419. The van der Waals surface area contributed by atoms with E-state index in [0.29, 0.717) is 35.9 Å². The molecule has 49 heavy (non-hydrogen) atoms. The van der Waals surface area contributed by atoms with Crippen LogP contribution in [0.3, 0.4) is 0 Å². The Balaban J connectivity index is 0.000000352. The van der Waals surface area contributed by atoms with Gasteiger partial charge in [-0.15, -0.1) is 0 Å². The molecule has 0 amide bonds. The summed E-state index contributed by atoms with van der Waals surface area (Å²) in [5, 5.41) is 29.7. The first kappa shape index (κ1) is 38.7. The minimum absolute atomic E-state index is 0.0394. The fourth-order valence-corrected chi connectivity index (χ4v) is 7.75. The quantitative estimate of drug-likeness (QED) is 0.145. The molecule has 1 aliphatic carbocycles. The van der Waals surface area contributed by atoms with Crippen LogP contribution in [0.25, 0.3) is 0 Å². The van der Waals surface area contributed by atoms with Crippen molar-refractivity contribution in [2.24, 2.45) is 11.8 Å². The first-order chi connectivity index (χ1) is 23.7. The van der Waals surface area contributed by atoms with Crippen LogP contribution in [0.1, 0.15) is 54.8 Å². The molecule has 2 aliphatic heterocycles. The number of hydrogen-bond donors (Lipinski definition) is 3. The van der Waals surface area contributed by atoms with E-state index in [1.54, 1.807) is 18.2 Å². The smallest absolute Gasteiger partial charge is 0.502 e. The van der Waals surface area contributed by atoms with Crippen LogP contribution in [-0.4, -0.2) is 101 Å². The predicted molar refractivity (Wildman–Crippen MR) is 177 cm³/mol. The Kier molecular flexibility index (Phi) is 14.9. The van der Waals surface area contributed by atoms with E-state index in [4.69, 9.17) is 42.6 Å². The SMILES string of the molecule is CC.CC1Cc2cc3c(cc2C(OC(OC2COC(c4ccc[te]4)O[C@H]2C)C(O)O)C1COC=O)OCO3.COc1cccc(OC)c1O. The zero-order valence-corrected chi connectivity index (χ0v) is 30.8. The molecule has 14 heteroatoms. The molecule has 13 nitrogen and oxygen atoms in total. The Bertz CT molecular complexity index is 1430. The monoisotopic (exact) mass is 804 g/mol. The third-order valence-electron chi connectivity index (χ3n) is 8.24. The van der Waals surface area contributed by atoms with Gasteiger partial charge in [0.05, 0.1) is 14.2 Å². The van der Waals surface area contributed by atoms with Crippen LogP contribution in [0.2, 0.25) is 0 Å². The molecule has 1 saturated heterocycles. The predicted octanol–water partition coefficient (Wildman–Crippen LogP) is 4.10. The number of rotatable bonds is 11. The molecule has 0 radical (unpaired) electrons. The van der Waals surface area contributed by atoms with Gasteiger partial charge in [-0.3, -0.25) is 4.79 Å². The minimum Gasteiger partial charge on any atom is -0.502 e. The molecule has 2 aromatic carbocycles. The summed E-state index contributed by atoms with van der Waals surface area (Å²) in [7, 11) is 2.99. The number of fused-ring (bicyclic) bond motifs is 2. The number of hydrogen-bond acceptors (Lipinski definition) is 13. The Hall–Kier alpha value is -3.06. The average Bonchev–Trinajstić information content (AvgIpc) is 3.81. The number of aliphatic hydroxyl groups excluding tert-OH is 1. The molecule has 270 valence electrons. The molecular formula is C35H46O13Te. The Morgan fingerprint density at radius 1 is 1.00 bits per heavy atom.